The van der Waals surface area contributed by atoms with Gasteiger partial charge in [-0.2, -0.15) is 0 Å². The average Bonchev–Trinajstić information content (AvgIpc) is 2.99. The van der Waals surface area contributed by atoms with E-state index in [2.05, 4.69) is 11.6 Å². The maximum absolute atomic E-state index is 12.1. The van der Waals surface area contributed by atoms with Crippen molar-refractivity contribution in [3.63, 3.8) is 0 Å². The van der Waals surface area contributed by atoms with E-state index in [-0.39, 0.29) is 5.12 Å². The lowest BCUT2D eigenvalue weighted by Crippen LogP contribution is -1.97. The minimum Gasteiger partial charge on any atom is -0.488 e. The third-order valence-corrected chi connectivity index (χ3v) is 5.38. The lowest BCUT2D eigenvalue weighted by Gasteiger charge is -2.09. The Hall–Kier alpha value is -2.24. The van der Waals surface area contributed by atoms with E-state index in [1.807, 2.05) is 54.6 Å². The highest BCUT2D eigenvalue weighted by molar-refractivity contribution is 8.45. The molecule has 0 fully saturated rings. The number of para-hydroxylation sites is 1. The van der Waals surface area contributed by atoms with Crippen molar-refractivity contribution in [1.82, 2.24) is 0 Å². The molecular formula is C20H17NO2S2. The van der Waals surface area contributed by atoms with E-state index in [9.17, 15) is 4.79 Å². The highest BCUT2D eigenvalue weighted by Crippen LogP contribution is 2.32. The molecule has 1 aliphatic heterocycles. The molecule has 0 aliphatic carbocycles. The van der Waals surface area contributed by atoms with Crippen LogP contribution in [0.5, 0.6) is 5.75 Å². The summed E-state index contributed by atoms with van der Waals surface area (Å²) in [6.45, 7) is 4.16. The van der Waals surface area contributed by atoms with Crippen molar-refractivity contribution in [3.05, 3.63) is 84.1 Å². The fourth-order valence-corrected chi connectivity index (χ4v) is 3.80. The van der Waals surface area contributed by atoms with Crippen LogP contribution >= 0.6 is 23.5 Å². The van der Waals surface area contributed by atoms with E-state index in [1.54, 1.807) is 12.2 Å². The number of benzene rings is 2. The zero-order valence-electron chi connectivity index (χ0n) is 13.6. The Labute approximate surface area is 155 Å². The van der Waals surface area contributed by atoms with Crippen molar-refractivity contribution in [2.24, 2.45) is 4.99 Å². The van der Waals surface area contributed by atoms with Crippen molar-refractivity contribution in [1.29, 1.82) is 0 Å². The van der Waals surface area contributed by atoms with E-state index >= 15 is 0 Å². The second-order valence-electron chi connectivity index (χ2n) is 5.21. The first-order chi connectivity index (χ1) is 12.3. The first-order valence-corrected chi connectivity index (χ1v) is 9.58. The third kappa shape index (κ3) is 4.87. The van der Waals surface area contributed by atoms with Gasteiger partial charge in [0.2, 0.25) is 5.12 Å². The lowest BCUT2D eigenvalue weighted by atomic mass is 10.1. The maximum Gasteiger partial charge on any atom is 0.244 e. The molecule has 1 heterocycles. The monoisotopic (exact) mass is 367 g/mol. The average molecular weight is 367 g/mol. The van der Waals surface area contributed by atoms with Gasteiger partial charge in [-0.15, -0.1) is 6.58 Å². The van der Waals surface area contributed by atoms with Crippen LogP contribution < -0.4 is 4.74 Å². The SMILES string of the molecule is C=CCSC1=NC(=Cc2ccccc2OCc2ccccc2)C(=O)S1. The highest BCUT2D eigenvalue weighted by Gasteiger charge is 2.22. The molecule has 25 heavy (non-hydrogen) atoms. The number of carbonyl (C=O) groups is 1. The van der Waals surface area contributed by atoms with Crippen LogP contribution in [-0.2, 0) is 11.4 Å². The molecule has 0 saturated heterocycles. The number of hydrogen-bond donors (Lipinski definition) is 0. The van der Waals surface area contributed by atoms with Gasteiger partial charge in [0.05, 0.1) is 0 Å². The molecule has 0 amide bonds. The predicted octanol–water partition coefficient (Wildman–Crippen LogP) is 5.16. The van der Waals surface area contributed by atoms with Gasteiger partial charge in [0.15, 0.2) is 0 Å². The highest BCUT2D eigenvalue weighted by atomic mass is 32.2. The van der Waals surface area contributed by atoms with E-state index < -0.39 is 0 Å². The molecule has 1 aliphatic rings. The van der Waals surface area contributed by atoms with Crippen LogP contribution in [0.4, 0.5) is 0 Å². The molecule has 0 spiro atoms. The molecule has 0 radical (unpaired) electrons. The van der Waals surface area contributed by atoms with Crippen LogP contribution in [0.1, 0.15) is 11.1 Å². The molecule has 5 heteroatoms. The van der Waals surface area contributed by atoms with Crippen LogP contribution in [-0.4, -0.2) is 15.2 Å². The molecule has 0 unspecified atom stereocenters. The van der Waals surface area contributed by atoms with Crippen LogP contribution in [0, 0.1) is 0 Å². The fraction of sp³-hybridized carbons (Fsp3) is 0.100. The van der Waals surface area contributed by atoms with Gasteiger partial charge in [0.25, 0.3) is 0 Å². The van der Waals surface area contributed by atoms with Crippen molar-refractivity contribution in [3.8, 4) is 5.75 Å². The zero-order valence-corrected chi connectivity index (χ0v) is 15.2. The normalized spacial score (nSPS) is 15.3. The van der Waals surface area contributed by atoms with Gasteiger partial charge in [-0.3, -0.25) is 4.79 Å². The third-order valence-electron chi connectivity index (χ3n) is 3.37. The molecule has 0 atom stereocenters. The lowest BCUT2D eigenvalue weighted by molar-refractivity contribution is -0.107. The Morgan fingerprint density at radius 3 is 2.68 bits per heavy atom. The Morgan fingerprint density at radius 2 is 1.88 bits per heavy atom. The summed E-state index contributed by atoms with van der Waals surface area (Å²) < 4.78 is 6.69. The van der Waals surface area contributed by atoms with Gasteiger partial charge >= 0.3 is 0 Å². The van der Waals surface area contributed by atoms with Gasteiger partial charge < -0.3 is 4.74 Å². The minimum atomic E-state index is -0.0376. The van der Waals surface area contributed by atoms with Crippen molar-refractivity contribution < 1.29 is 9.53 Å². The minimum absolute atomic E-state index is 0.0376. The summed E-state index contributed by atoms with van der Waals surface area (Å²) >= 11 is 2.68. The number of aliphatic imine (C=N–C) groups is 1. The van der Waals surface area contributed by atoms with E-state index in [0.717, 1.165) is 27.0 Å². The van der Waals surface area contributed by atoms with Gasteiger partial charge in [-0.1, -0.05) is 66.4 Å². The molecule has 3 nitrogen and oxygen atoms in total. The number of nitrogens with zero attached hydrogens (tertiary/aromatic N) is 1. The first-order valence-electron chi connectivity index (χ1n) is 7.78. The molecule has 0 N–H and O–H groups in total. The zero-order chi connectivity index (χ0) is 17.5. The van der Waals surface area contributed by atoms with Crippen molar-refractivity contribution >= 4 is 39.1 Å². The summed E-state index contributed by atoms with van der Waals surface area (Å²) in [7, 11) is 0. The standard InChI is InChI=1S/C20H17NO2S2/c1-2-12-24-20-21-17(19(22)25-20)13-16-10-6-7-11-18(16)23-14-15-8-4-3-5-9-15/h2-11,13H,1,12,14H2. The van der Waals surface area contributed by atoms with Crippen LogP contribution in [0.3, 0.4) is 0 Å². The smallest absolute Gasteiger partial charge is 0.244 e. The molecule has 0 saturated carbocycles. The topological polar surface area (TPSA) is 38.7 Å². The number of carbonyl (C=O) groups excluding carboxylic acids is 1. The summed E-state index contributed by atoms with van der Waals surface area (Å²) in [6, 6.07) is 17.7. The molecule has 2 aromatic carbocycles. The quantitative estimate of drug-likeness (QED) is 0.522. The number of rotatable bonds is 6. The Balaban J connectivity index is 1.77. The first kappa shape index (κ1) is 17.6. The van der Waals surface area contributed by atoms with Crippen LogP contribution in [0.2, 0.25) is 0 Å². The van der Waals surface area contributed by atoms with E-state index in [0.29, 0.717) is 12.3 Å². The van der Waals surface area contributed by atoms with Gasteiger partial charge in [0.1, 0.15) is 22.4 Å². The summed E-state index contributed by atoms with van der Waals surface area (Å²) in [4.78, 5) is 16.6. The van der Waals surface area contributed by atoms with Crippen molar-refractivity contribution in [2.75, 3.05) is 5.75 Å². The Kier molecular flexibility index (Phi) is 6.14. The number of hydrogen-bond acceptors (Lipinski definition) is 5. The molecule has 3 rings (SSSR count). The molecule has 0 bridgehead atoms. The fourth-order valence-electron chi connectivity index (χ4n) is 2.20. The Bertz CT molecular complexity index is 829. The number of thioether (sulfide) groups is 2. The molecular weight excluding hydrogens is 350 g/mol. The maximum atomic E-state index is 12.1. The van der Waals surface area contributed by atoms with Crippen LogP contribution in [0.25, 0.3) is 6.08 Å². The van der Waals surface area contributed by atoms with Gasteiger partial charge in [-0.05, 0) is 29.5 Å². The summed E-state index contributed by atoms with van der Waals surface area (Å²) in [5, 5.41) is -0.0376. The molecule has 126 valence electrons. The predicted molar refractivity (Wildman–Crippen MR) is 108 cm³/mol. The second-order valence-corrected chi connectivity index (χ2v) is 7.44. The van der Waals surface area contributed by atoms with E-state index in [4.69, 9.17) is 4.74 Å². The largest absolute Gasteiger partial charge is 0.488 e. The van der Waals surface area contributed by atoms with Gasteiger partial charge in [0, 0.05) is 11.3 Å². The Morgan fingerprint density at radius 1 is 1.12 bits per heavy atom. The van der Waals surface area contributed by atoms with Crippen LogP contribution in [0.15, 0.2) is 77.9 Å². The second kappa shape index (κ2) is 8.74. The van der Waals surface area contributed by atoms with E-state index in [1.165, 1.54) is 23.5 Å². The summed E-state index contributed by atoms with van der Waals surface area (Å²) in [6.07, 6.45) is 3.59. The summed E-state index contributed by atoms with van der Waals surface area (Å²) in [5.74, 6) is 1.47. The number of ether oxygens (including phenoxy) is 1. The summed E-state index contributed by atoms with van der Waals surface area (Å²) in [5.41, 5.74) is 2.40. The van der Waals surface area contributed by atoms with Crippen molar-refractivity contribution in [2.45, 2.75) is 6.61 Å². The molecule has 0 aromatic heterocycles. The van der Waals surface area contributed by atoms with Gasteiger partial charge in [-0.25, -0.2) is 4.99 Å². The molecule has 2 aromatic rings.